The third-order valence-electron chi connectivity index (χ3n) is 2.45. The largest absolute Gasteiger partial charge is 0.464 e. The molecule has 1 aromatic carbocycles. The number of halogens is 1. The minimum absolute atomic E-state index is 0.252. The summed E-state index contributed by atoms with van der Waals surface area (Å²) in [6.45, 7) is 0. The Hall–Kier alpha value is -1.94. The maximum absolute atomic E-state index is 11.4. The predicted octanol–water partition coefficient (Wildman–Crippen LogP) is 2.70. The van der Waals surface area contributed by atoms with Gasteiger partial charge in [-0.3, -0.25) is 0 Å². The highest BCUT2D eigenvalue weighted by atomic mass is 35.5. The van der Waals surface area contributed by atoms with Crippen LogP contribution in [0.5, 0.6) is 0 Å². The second-order valence-corrected chi connectivity index (χ2v) is 3.93. The number of hydrogen-bond donors (Lipinski definition) is 2. The van der Waals surface area contributed by atoms with Crippen LogP contribution in [0.25, 0.3) is 11.1 Å². The van der Waals surface area contributed by atoms with E-state index in [0.29, 0.717) is 10.7 Å². The Morgan fingerprint density at radius 3 is 2.88 bits per heavy atom. The van der Waals surface area contributed by atoms with E-state index in [1.54, 1.807) is 18.3 Å². The molecule has 2 aromatic rings. The quantitative estimate of drug-likeness (QED) is 0.806. The Kier molecular flexibility index (Phi) is 3.06. The zero-order chi connectivity index (χ0) is 12.4. The van der Waals surface area contributed by atoms with Gasteiger partial charge in [0.25, 0.3) is 0 Å². The van der Waals surface area contributed by atoms with Crippen molar-refractivity contribution in [1.82, 2.24) is 4.98 Å². The molecule has 0 aliphatic rings. The number of nitrogens with one attached hydrogen (secondary N) is 1. The highest BCUT2D eigenvalue weighted by Crippen LogP contribution is 2.30. The number of carbonyl (C=O) groups excluding carboxylic acids is 1. The number of rotatable bonds is 2. The molecule has 0 saturated heterocycles. The van der Waals surface area contributed by atoms with E-state index < -0.39 is 5.97 Å². The van der Waals surface area contributed by atoms with Crippen LogP contribution < -0.4 is 5.73 Å². The van der Waals surface area contributed by atoms with Gasteiger partial charge in [0.15, 0.2) is 0 Å². The Labute approximate surface area is 103 Å². The van der Waals surface area contributed by atoms with Gasteiger partial charge in [-0.05, 0) is 17.7 Å². The number of hydrogen-bond acceptors (Lipinski definition) is 3. The van der Waals surface area contributed by atoms with Crippen LogP contribution in [-0.4, -0.2) is 18.1 Å². The third kappa shape index (κ3) is 2.12. The van der Waals surface area contributed by atoms with Gasteiger partial charge in [-0.15, -0.1) is 0 Å². The van der Waals surface area contributed by atoms with Gasteiger partial charge in [-0.25, -0.2) is 4.79 Å². The highest BCUT2D eigenvalue weighted by Gasteiger charge is 2.16. The molecule has 2 rings (SSSR count). The van der Waals surface area contributed by atoms with Gasteiger partial charge in [0.2, 0.25) is 0 Å². The summed E-state index contributed by atoms with van der Waals surface area (Å²) in [5, 5.41) is 0.614. The van der Waals surface area contributed by atoms with Crippen LogP contribution in [0, 0.1) is 0 Å². The lowest BCUT2D eigenvalue weighted by Gasteiger charge is -2.02. The second kappa shape index (κ2) is 4.51. The van der Waals surface area contributed by atoms with Gasteiger partial charge in [-0.1, -0.05) is 23.7 Å². The summed E-state index contributed by atoms with van der Waals surface area (Å²) in [4.78, 5) is 14.2. The number of ether oxygens (including phenoxy) is 1. The Morgan fingerprint density at radius 1 is 1.47 bits per heavy atom. The molecule has 1 aromatic heterocycles. The molecule has 4 nitrogen and oxygen atoms in total. The van der Waals surface area contributed by atoms with Crippen LogP contribution in [0.3, 0.4) is 0 Å². The number of H-pyrrole nitrogens is 1. The molecule has 0 spiro atoms. The minimum Gasteiger partial charge on any atom is -0.464 e. The summed E-state index contributed by atoms with van der Waals surface area (Å²) in [5.41, 5.74) is 8.08. The second-order valence-electron chi connectivity index (χ2n) is 3.49. The van der Waals surface area contributed by atoms with Crippen molar-refractivity contribution in [2.24, 2.45) is 0 Å². The molecule has 0 aliphatic heterocycles. The molecule has 0 bridgehead atoms. The Bertz CT molecular complexity index is 563. The summed E-state index contributed by atoms with van der Waals surface area (Å²) in [5.74, 6) is -0.490. The van der Waals surface area contributed by atoms with Crippen LogP contribution in [0.1, 0.15) is 10.5 Å². The van der Waals surface area contributed by atoms with Crippen LogP contribution in [-0.2, 0) is 4.74 Å². The van der Waals surface area contributed by atoms with Gasteiger partial charge in [0.05, 0.1) is 12.8 Å². The van der Waals surface area contributed by atoms with Crippen LogP contribution >= 0.6 is 11.6 Å². The first kappa shape index (κ1) is 11.5. The lowest BCUT2D eigenvalue weighted by atomic mass is 10.1. The van der Waals surface area contributed by atoms with Crippen molar-refractivity contribution in [3.63, 3.8) is 0 Å². The smallest absolute Gasteiger partial charge is 0.356 e. The molecule has 5 heteroatoms. The molecule has 3 N–H and O–H groups in total. The van der Waals surface area contributed by atoms with E-state index in [2.05, 4.69) is 9.72 Å². The molecule has 0 radical (unpaired) electrons. The van der Waals surface area contributed by atoms with Crippen molar-refractivity contribution in [1.29, 1.82) is 0 Å². The Morgan fingerprint density at radius 2 is 2.24 bits per heavy atom. The summed E-state index contributed by atoms with van der Waals surface area (Å²) >= 11 is 5.90. The van der Waals surface area contributed by atoms with E-state index in [1.165, 1.54) is 7.11 Å². The molecular formula is C12H11ClN2O2. The average molecular weight is 251 g/mol. The standard InChI is InChI=1S/C12H11ClN2O2/c1-17-12(16)11-10(14)9(6-15-11)7-3-2-4-8(13)5-7/h2-6,15H,14H2,1H3. The van der Waals surface area contributed by atoms with Gasteiger partial charge in [0.1, 0.15) is 5.69 Å². The fourth-order valence-electron chi connectivity index (χ4n) is 1.60. The topological polar surface area (TPSA) is 68.1 Å². The first-order valence-electron chi connectivity index (χ1n) is 4.94. The SMILES string of the molecule is COC(=O)c1[nH]cc(-c2cccc(Cl)c2)c1N. The van der Waals surface area contributed by atoms with E-state index in [9.17, 15) is 4.79 Å². The zero-order valence-corrected chi connectivity index (χ0v) is 9.91. The molecule has 17 heavy (non-hydrogen) atoms. The van der Waals surface area contributed by atoms with E-state index >= 15 is 0 Å². The van der Waals surface area contributed by atoms with E-state index in [0.717, 1.165) is 11.1 Å². The fraction of sp³-hybridized carbons (Fsp3) is 0.0833. The number of nitrogen functional groups attached to an aromatic ring is 1. The number of anilines is 1. The lowest BCUT2D eigenvalue weighted by Crippen LogP contribution is -2.04. The van der Waals surface area contributed by atoms with Crippen LogP contribution in [0.15, 0.2) is 30.5 Å². The van der Waals surface area contributed by atoms with Crippen LogP contribution in [0.2, 0.25) is 5.02 Å². The third-order valence-corrected chi connectivity index (χ3v) is 2.68. The molecule has 1 heterocycles. The van der Waals surface area contributed by atoms with Gasteiger partial charge >= 0.3 is 5.97 Å². The zero-order valence-electron chi connectivity index (χ0n) is 9.16. The maximum atomic E-state index is 11.4. The maximum Gasteiger partial charge on any atom is 0.356 e. The van der Waals surface area contributed by atoms with Crippen molar-refractivity contribution in [3.05, 3.63) is 41.2 Å². The van der Waals surface area contributed by atoms with E-state index in [1.807, 2.05) is 12.1 Å². The molecular weight excluding hydrogens is 240 g/mol. The molecule has 88 valence electrons. The van der Waals surface area contributed by atoms with Crippen molar-refractivity contribution in [2.75, 3.05) is 12.8 Å². The van der Waals surface area contributed by atoms with Crippen molar-refractivity contribution < 1.29 is 9.53 Å². The first-order chi connectivity index (χ1) is 8.13. The number of methoxy groups -OCH3 is 1. The average Bonchev–Trinajstić information content (AvgIpc) is 2.70. The summed E-state index contributed by atoms with van der Waals surface area (Å²) < 4.78 is 4.61. The van der Waals surface area contributed by atoms with Crippen molar-refractivity contribution in [2.45, 2.75) is 0 Å². The predicted molar refractivity (Wildman–Crippen MR) is 67.0 cm³/mol. The fourth-order valence-corrected chi connectivity index (χ4v) is 1.79. The van der Waals surface area contributed by atoms with Gasteiger partial charge < -0.3 is 15.5 Å². The minimum atomic E-state index is -0.490. The van der Waals surface area contributed by atoms with Gasteiger partial charge in [0, 0.05) is 16.8 Å². The van der Waals surface area contributed by atoms with Gasteiger partial charge in [-0.2, -0.15) is 0 Å². The first-order valence-corrected chi connectivity index (χ1v) is 5.32. The normalized spacial score (nSPS) is 10.2. The number of aromatic amines is 1. The number of carbonyl (C=O) groups is 1. The van der Waals surface area contributed by atoms with Crippen molar-refractivity contribution >= 4 is 23.3 Å². The number of esters is 1. The monoisotopic (exact) mass is 250 g/mol. The highest BCUT2D eigenvalue weighted by molar-refractivity contribution is 6.30. The van der Waals surface area contributed by atoms with Crippen LogP contribution in [0.4, 0.5) is 5.69 Å². The van der Waals surface area contributed by atoms with Crippen molar-refractivity contribution in [3.8, 4) is 11.1 Å². The molecule has 0 fully saturated rings. The molecule has 0 aliphatic carbocycles. The lowest BCUT2D eigenvalue weighted by molar-refractivity contribution is 0.0596. The molecule has 0 atom stereocenters. The molecule has 0 amide bonds. The van der Waals surface area contributed by atoms with E-state index in [4.69, 9.17) is 17.3 Å². The summed E-state index contributed by atoms with van der Waals surface area (Å²) in [6, 6.07) is 7.24. The summed E-state index contributed by atoms with van der Waals surface area (Å²) in [6.07, 6.45) is 1.66. The number of nitrogens with two attached hydrogens (primary N) is 1. The molecule has 0 saturated carbocycles. The number of aromatic nitrogens is 1. The molecule has 0 unspecified atom stereocenters. The number of benzene rings is 1. The summed E-state index contributed by atoms with van der Waals surface area (Å²) in [7, 11) is 1.31. The Balaban J connectivity index is 2.48. The van der Waals surface area contributed by atoms with E-state index in [-0.39, 0.29) is 5.69 Å².